The van der Waals surface area contributed by atoms with Gasteiger partial charge in [0.15, 0.2) is 6.23 Å². The van der Waals surface area contributed by atoms with Crippen LogP contribution in [0.4, 0.5) is 0 Å². The van der Waals surface area contributed by atoms with E-state index in [0.717, 1.165) is 16.8 Å². The van der Waals surface area contributed by atoms with Gasteiger partial charge in [-0.05, 0) is 17.7 Å². The Labute approximate surface area is 173 Å². The molecule has 0 bridgehead atoms. The Morgan fingerprint density at radius 1 is 1.39 bits per heavy atom. The molecule has 0 spiro atoms. The van der Waals surface area contributed by atoms with E-state index in [1.54, 1.807) is 6.07 Å². The number of hydrogen-bond donors (Lipinski definition) is 3. The molecule has 0 saturated carbocycles. The summed E-state index contributed by atoms with van der Waals surface area (Å²) in [5.41, 5.74) is 5.04. The first-order chi connectivity index (χ1) is 14.8. The minimum Gasteiger partial charge on any atom is -0.387 e. The Balaban J connectivity index is 1.81. The molecule has 15 heteroatoms. The van der Waals surface area contributed by atoms with Gasteiger partial charge in [-0.1, -0.05) is 17.2 Å². The fraction of sp³-hybridized carbons (Fsp3) is 0.312. The van der Waals surface area contributed by atoms with Gasteiger partial charge in [0.1, 0.15) is 30.4 Å². The van der Waals surface area contributed by atoms with Crippen molar-refractivity contribution in [1.29, 1.82) is 5.26 Å². The van der Waals surface area contributed by atoms with Gasteiger partial charge < -0.3 is 14.9 Å². The number of nitriles is 1. The molecule has 160 valence electrons. The molecule has 3 rings (SSSR count). The number of benzene rings is 1. The second-order valence-corrected chi connectivity index (χ2v) is 7.08. The van der Waals surface area contributed by atoms with Gasteiger partial charge in [0.25, 0.3) is 5.56 Å². The van der Waals surface area contributed by atoms with E-state index in [9.17, 15) is 24.4 Å². The fourth-order valence-corrected chi connectivity index (χ4v) is 3.48. The van der Waals surface area contributed by atoms with Crippen molar-refractivity contribution in [3.8, 4) is 11.8 Å². The number of azide groups is 1. The molecule has 2 heterocycles. The van der Waals surface area contributed by atoms with Crippen LogP contribution in [0.25, 0.3) is 10.4 Å². The van der Waals surface area contributed by atoms with E-state index >= 15 is 0 Å². The van der Waals surface area contributed by atoms with Gasteiger partial charge in [0, 0.05) is 21.7 Å². The molecule has 5 atom stereocenters. The lowest BCUT2D eigenvalue weighted by molar-refractivity contribution is -0.120. The molecule has 1 saturated heterocycles. The first kappa shape index (κ1) is 22.1. The number of aliphatic hydroxyl groups is 2. The number of hydrogen-bond acceptors (Lipinski definition) is 10. The quantitative estimate of drug-likeness (QED) is 0.231. The maximum Gasteiger partial charge on any atom is 0.750 e. The van der Waals surface area contributed by atoms with E-state index in [0.29, 0.717) is 0 Å². The standard InChI is InChI=1S/C16H13N6O8P/c17-7-9-3-1-2-4-10(9)30-31(27)28-8-16(20-21-18)13(25)12(24)14(29-16)22-6-5-11(23)19-15(22)26/h1-6,12-14,24-25H,8H2/p+1/t12-,13+,14-,16-/m1/s1. The maximum atomic E-state index is 12.2. The van der Waals surface area contributed by atoms with Crippen LogP contribution in [0, 0.1) is 11.3 Å². The molecular formula is C16H14N6O8P+. The zero-order valence-corrected chi connectivity index (χ0v) is 16.3. The minimum absolute atomic E-state index is 0.0328. The number of nitrogens with zero attached hydrogens (tertiary/aromatic N) is 5. The van der Waals surface area contributed by atoms with Crippen molar-refractivity contribution in [1.82, 2.24) is 9.55 Å². The number of aliphatic hydroxyl groups excluding tert-OH is 2. The number of H-pyrrole nitrogens is 1. The summed E-state index contributed by atoms with van der Waals surface area (Å²) in [6.07, 6.45) is -4.23. The van der Waals surface area contributed by atoms with E-state index in [-0.39, 0.29) is 11.3 Å². The number of para-hydroxylation sites is 1. The molecule has 1 aromatic heterocycles. The second kappa shape index (κ2) is 9.07. The van der Waals surface area contributed by atoms with Crippen LogP contribution in [0.5, 0.6) is 5.75 Å². The van der Waals surface area contributed by atoms with Crippen molar-refractivity contribution in [3.63, 3.8) is 0 Å². The van der Waals surface area contributed by atoms with E-state index in [1.165, 1.54) is 18.2 Å². The Kier molecular flexibility index (Phi) is 6.47. The first-order valence-electron chi connectivity index (χ1n) is 8.50. The van der Waals surface area contributed by atoms with Gasteiger partial charge >= 0.3 is 13.9 Å². The van der Waals surface area contributed by atoms with Crippen molar-refractivity contribution in [3.05, 3.63) is 73.4 Å². The molecule has 1 aliphatic rings. The number of rotatable bonds is 7. The van der Waals surface area contributed by atoms with Gasteiger partial charge in [-0.25, -0.2) is 9.32 Å². The third kappa shape index (κ3) is 4.47. The summed E-state index contributed by atoms with van der Waals surface area (Å²) in [6.45, 7) is -0.839. The normalized spacial score (nSPS) is 25.3. The highest BCUT2D eigenvalue weighted by molar-refractivity contribution is 7.33. The fourth-order valence-electron chi connectivity index (χ4n) is 2.82. The average molecular weight is 449 g/mol. The van der Waals surface area contributed by atoms with Crippen molar-refractivity contribution >= 4 is 8.25 Å². The summed E-state index contributed by atoms with van der Waals surface area (Å²) in [5, 5.41) is 33.1. The summed E-state index contributed by atoms with van der Waals surface area (Å²) >= 11 is 0. The highest BCUT2D eigenvalue weighted by atomic mass is 31.1. The number of nitrogens with one attached hydrogen (secondary N) is 1. The van der Waals surface area contributed by atoms with Crippen LogP contribution in [0.2, 0.25) is 0 Å². The summed E-state index contributed by atoms with van der Waals surface area (Å²) < 4.78 is 28.4. The Bertz CT molecular complexity index is 1200. The van der Waals surface area contributed by atoms with Crippen molar-refractivity contribution in [2.75, 3.05) is 6.61 Å². The molecule has 0 aliphatic carbocycles. The molecule has 14 nitrogen and oxygen atoms in total. The number of ether oxygens (including phenoxy) is 1. The SMILES string of the molecule is N#Cc1ccccc1O[P+](=O)OC[C@@]1(N=[N+]=[N-])O[C@@H](n2ccc(=O)[nH]c2=O)[C@H](O)[C@@H]1O. The highest BCUT2D eigenvalue weighted by Gasteiger charge is 2.57. The van der Waals surface area contributed by atoms with Crippen LogP contribution in [0.3, 0.4) is 0 Å². The molecule has 3 N–H and O–H groups in total. The van der Waals surface area contributed by atoms with Crippen molar-refractivity contribution in [2.45, 2.75) is 24.2 Å². The molecule has 31 heavy (non-hydrogen) atoms. The van der Waals surface area contributed by atoms with Crippen LogP contribution in [-0.2, 0) is 13.8 Å². The largest absolute Gasteiger partial charge is 0.750 e. The number of aromatic amines is 1. The van der Waals surface area contributed by atoms with E-state index in [1.807, 2.05) is 11.1 Å². The van der Waals surface area contributed by atoms with E-state index in [2.05, 4.69) is 10.0 Å². The van der Waals surface area contributed by atoms with Crippen LogP contribution >= 0.6 is 8.25 Å². The second-order valence-electron chi connectivity index (χ2n) is 6.19. The predicted octanol–water partition coefficient (Wildman–Crippen LogP) is 0.418. The molecule has 1 unspecified atom stereocenters. The van der Waals surface area contributed by atoms with Gasteiger partial charge in [-0.15, -0.1) is 4.52 Å². The monoisotopic (exact) mass is 449 g/mol. The molecule has 1 aliphatic heterocycles. The van der Waals surface area contributed by atoms with Gasteiger partial charge in [0.2, 0.25) is 11.5 Å². The Hall–Kier alpha value is -3.56. The minimum atomic E-state index is -2.92. The lowest BCUT2D eigenvalue weighted by atomic mass is 10.1. The highest BCUT2D eigenvalue weighted by Crippen LogP contribution is 2.40. The van der Waals surface area contributed by atoms with Gasteiger partial charge in [-0.2, -0.15) is 5.26 Å². The molecular weight excluding hydrogens is 435 g/mol. The zero-order chi connectivity index (χ0) is 22.6. The lowest BCUT2D eigenvalue weighted by Crippen LogP contribution is -2.44. The van der Waals surface area contributed by atoms with Gasteiger partial charge in [-0.3, -0.25) is 14.3 Å². The third-order valence-electron chi connectivity index (χ3n) is 4.30. The molecule has 0 radical (unpaired) electrons. The molecule has 1 fully saturated rings. The average Bonchev–Trinajstić information content (AvgIpc) is 2.98. The first-order valence-corrected chi connectivity index (χ1v) is 9.60. The Morgan fingerprint density at radius 3 is 2.81 bits per heavy atom. The summed E-state index contributed by atoms with van der Waals surface area (Å²) in [7, 11) is -2.92. The van der Waals surface area contributed by atoms with E-state index < -0.39 is 50.3 Å². The third-order valence-corrected chi connectivity index (χ3v) is 4.98. The predicted molar refractivity (Wildman–Crippen MR) is 101 cm³/mol. The van der Waals surface area contributed by atoms with Crippen molar-refractivity contribution < 1.29 is 28.6 Å². The van der Waals surface area contributed by atoms with E-state index in [4.69, 9.17) is 24.6 Å². The van der Waals surface area contributed by atoms with Crippen LogP contribution < -0.4 is 15.8 Å². The lowest BCUT2D eigenvalue weighted by Gasteiger charge is -2.23. The zero-order valence-electron chi connectivity index (χ0n) is 15.4. The maximum absolute atomic E-state index is 12.2. The summed E-state index contributed by atoms with van der Waals surface area (Å²) in [5.74, 6) is -0.0328. The van der Waals surface area contributed by atoms with Crippen LogP contribution in [-0.4, -0.2) is 44.3 Å². The molecule has 2 aromatic rings. The molecule has 0 amide bonds. The topological polar surface area (TPSA) is 213 Å². The van der Waals surface area contributed by atoms with Crippen LogP contribution in [0.1, 0.15) is 11.8 Å². The molecule has 1 aromatic carbocycles. The van der Waals surface area contributed by atoms with Crippen molar-refractivity contribution in [2.24, 2.45) is 5.11 Å². The smallest absolute Gasteiger partial charge is 0.387 e. The summed E-state index contributed by atoms with van der Waals surface area (Å²) in [6, 6.07) is 8.72. The van der Waals surface area contributed by atoms with Crippen LogP contribution in [0.15, 0.2) is 51.2 Å². The number of aromatic nitrogens is 2. The Morgan fingerprint density at radius 2 is 2.13 bits per heavy atom. The van der Waals surface area contributed by atoms with Gasteiger partial charge in [0.05, 0.1) is 0 Å². The summed E-state index contributed by atoms with van der Waals surface area (Å²) in [4.78, 5) is 27.7.